The first-order valence-corrected chi connectivity index (χ1v) is 10.9. The summed E-state index contributed by atoms with van der Waals surface area (Å²) in [4.78, 5) is 25.4. The molecule has 0 N–H and O–H groups in total. The number of nitrogens with zero attached hydrogens (tertiary/aromatic N) is 2. The number of hydrogen-bond donors (Lipinski definition) is 0. The quantitative estimate of drug-likeness (QED) is 0.209. The molecule has 1 amide bonds. The van der Waals surface area contributed by atoms with Crippen LogP contribution in [0.1, 0.15) is 18.1 Å². The van der Waals surface area contributed by atoms with Crippen LogP contribution in [0.5, 0.6) is 11.5 Å². The average Bonchev–Trinajstić information content (AvgIpc) is 2.99. The van der Waals surface area contributed by atoms with Gasteiger partial charge in [-0.2, -0.15) is 0 Å². The van der Waals surface area contributed by atoms with Crippen molar-refractivity contribution in [3.8, 4) is 11.5 Å². The molecule has 0 atom stereocenters. The van der Waals surface area contributed by atoms with Crippen LogP contribution in [0.2, 0.25) is 10.0 Å². The molecule has 0 bridgehead atoms. The molecule has 2 aromatic rings. The van der Waals surface area contributed by atoms with Crippen molar-refractivity contribution in [2.24, 2.45) is 0 Å². The second kappa shape index (κ2) is 9.86. The van der Waals surface area contributed by atoms with Gasteiger partial charge in [-0.1, -0.05) is 53.2 Å². The van der Waals surface area contributed by atoms with Crippen LogP contribution < -0.4 is 9.47 Å². The first kappa shape index (κ1) is 23.3. The molecule has 0 spiro atoms. The lowest BCUT2D eigenvalue weighted by Crippen LogP contribution is -2.27. The summed E-state index contributed by atoms with van der Waals surface area (Å²) in [5, 5.41) is 12.5. The summed E-state index contributed by atoms with van der Waals surface area (Å²) < 4.78 is 11.5. The Morgan fingerprint density at radius 3 is 2.52 bits per heavy atom. The van der Waals surface area contributed by atoms with E-state index in [1.807, 2.05) is 6.92 Å². The lowest BCUT2D eigenvalue weighted by molar-refractivity contribution is -0.386. The zero-order valence-electron chi connectivity index (χ0n) is 16.4. The third-order valence-corrected chi connectivity index (χ3v) is 6.47. The molecule has 7 nitrogen and oxygen atoms in total. The van der Waals surface area contributed by atoms with Gasteiger partial charge in [0.1, 0.15) is 10.9 Å². The molecule has 0 aromatic heterocycles. The van der Waals surface area contributed by atoms with Crippen LogP contribution >= 0.6 is 47.2 Å². The number of benzene rings is 2. The van der Waals surface area contributed by atoms with Gasteiger partial charge in [0.05, 0.1) is 16.9 Å². The molecule has 0 saturated carbocycles. The van der Waals surface area contributed by atoms with Crippen LogP contribution in [0.25, 0.3) is 6.08 Å². The second-order valence-electron chi connectivity index (χ2n) is 6.24. The number of hydrogen-bond acceptors (Lipinski definition) is 7. The summed E-state index contributed by atoms with van der Waals surface area (Å²) in [6.07, 6.45) is 1.54. The summed E-state index contributed by atoms with van der Waals surface area (Å²) >= 11 is 18.7. The number of nitro benzene ring substituents is 1. The van der Waals surface area contributed by atoms with E-state index in [0.717, 1.165) is 11.8 Å². The fraction of sp³-hybridized carbons (Fsp3) is 0.200. The lowest BCUT2D eigenvalue weighted by Gasteiger charge is -2.13. The van der Waals surface area contributed by atoms with Crippen molar-refractivity contribution in [2.45, 2.75) is 13.5 Å². The fourth-order valence-electron chi connectivity index (χ4n) is 2.86. The minimum absolute atomic E-state index is 0.0678. The Morgan fingerprint density at radius 1 is 1.29 bits per heavy atom. The fourth-order valence-corrected chi connectivity index (χ4v) is 4.75. The van der Waals surface area contributed by atoms with Gasteiger partial charge in [-0.3, -0.25) is 19.8 Å². The van der Waals surface area contributed by atoms with Gasteiger partial charge in [0.2, 0.25) is 5.75 Å². The van der Waals surface area contributed by atoms with Gasteiger partial charge in [0.15, 0.2) is 5.75 Å². The summed E-state index contributed by atoms with van der Waals surface area (Å²) in [7, 11) is 1.37. The summed E-state index contributed by atoms with van der Waals surface area (Å²) in [6.45, 7) is 2.17. The molecular formula is C20H16Cl2N2O5S2. The molecule has 1 aliphatic rings. The predicted molar refractivity (Wildman–Crippen MR) is 126 cm³/mol. The van der Waals surface area contributed by atoms with Crippen LogP contribution in [0, 0.1) is 10.1 Å². The number of carbonyl (C=O) groups excluding carboxylic acids is 1. The number of ether oxygens (including phenoxy) is 2. The Morgan fingerprint density at radius 2 is 1.97 bits per heavy atom. The number of rotatable bonds is 7. The molecule has 11 heteroatoms. The number of likely N-dealkylation sites (N-methyl/N-ethyl adjacent to an activating group) is 1. The maximum atomic E-state index is 12.4. The highest BCUT2D eigenvalue weighted by molar-refractivity contribution is 8.26. The number of thioether (sulfide) groups is 1. The molecular weight excluding hydrogens is 483 g/mol. The average molecular weight is 499 g/mol. The van der Waals surface area contributed by atoms with Gasteiger partial charge in [0, 0.05) is 28.2 Å². The van der Waals surface area contributed by atoms with Gasteiger partial charge in [-0.15, -0.1) is 0 Å². The molecule has 31 heavy (non-hydrogen) atoms. The van der Waals surface area contributed by atoms with Gasteiger partial charge < -0.3 is 9.47 Å². The normalized spacial score (nSPS) is 15.0. The number of nitro groups is 1. The number of methoxy groups -OCH3 is 1. The molecule has 2 aromatic carbocycles. The van der Waals surface area contributed by atoms with E-state index < -0.39 is 4.92 Å². The Hall–Kier alpha value is -2.33. The smallest absolute Gasteiger partial charge is 0.315 e. The van der Waals surface area contributed by atoms with Crippen molar-refractivity contribution in [2.75, 3.05) is 13.7 Å². The van der Waals surface area contributed by atoms with Gasteiger partial charge in [-0.25, -0.2) is 0 Å². The standard InChI is InChI=1S/C20H16Cl2N2O5S2/c1-3-23-19(25)17(31-20(23)30)9-11-7-15(24(26)27)18(16(8-11)28-2)29-10-12-13(21)5-4-6-14(12)22/h4-9H,3,10H2,1-2H3/b17-9-. The number of carbonyl (C=O) groups is 1. The van der Waals surface area contributed by atoms with Crippen molar-refractivity contribution >= 4 is 69.2 Å². The minimum Gasteiger partial charge on any atom is -0.493 e. The van der Waals surface area contributed by atoms with E-state index in [2.05, 4.69) is 0 Å². The van der Waals surface area contributed by atoms with Crippen molar-refractivity contribution in [3.05, 3.63) is 66.5 Å². The molecule has 0 aliphatic carbocycles. The van der Waals surface area contributed by atoms with Crippen molar-refractivity contribution in [1.29, 1.82) is 0 Å². The van der Waals surface area contributed by atoms with E-state index in [-0.39, 0.29) is 29.7 Å². The van der Waals surface area contributed by atoms with E-state index in [1.54, 1.807) is 30.3 Å². The van der Waals surface area contributed by atoms with E-state index in [1.165, 1.54) is 18.1 Å². The topological polar surface area (TPSA) is 81.9 Å². The number of halogens is 2. The van der Waals surface area contributed by atoms with E-state index in [4.69, 9.17) is 44.9 Å². The van der Waals surface area contributed by atoms with E-state index >= 15 is 0 Å². The van der Waals surface area contributed by atoms with Gasteiger partial charge in [0.25, 0.3) is 5.91 Å². The number of thiocarbonyl (C=S) groups is 1. The monoisotopic (exact) mass is 498 g/mol. The Kier molecular flexibility index (Phi) is 7.42. The molecule has 1 saturated heterocycles. The first-order chi connectivity index (χ1) is 14.8. The molecule has 1 fully saturated rings. The molecule has 1 aliphatic heterocycles. The van der Waals surface area contributed by atoms with Crippen molar-refractivity contribution in [3.63, 3.8) is 0 Å². The van der Waals surface area contributed by atoms with E-state index in [0.29, 0.717) is 36.9 Å². The van der Waals surface area contributed by atoms with Crippen LogP contribution in [-0.2, 0) is 11.4 Å². The van der Waals surface area contributed by atoms with Gasteiger partial charge >= 0.3 is 5.69 Å². The number of amides is 1. The Balaban J connectivity index is 1.99. The summed E-state index contributed by atoms with van der Waals surface area (Å²) in [5.41, 5.74) is 0.581. The Labute approximate surface area is 198 Å². The SMILES string of the molecule is CCN1C(=O)/C(=C/c2cc(OC)c(OCc3c(Cl)cccc3Cl)c([N+](=O)[O-])c2)SC1=S. The molecule has 0 unspecified atom stereocenters. The maximum Gasteiger partial charge on any atom is 0.315 e. The Bertz CT molecular complexity index is 1090. The summed E-state index contributed by atoms with van der Waals surface area (Å²) in [6, 6.07) is 7.84. The minimum atomic E-state index is -0.583. The van der Waals surface area contributed by atoms with E-state index in [9.17, 15) is 14.9 Å². The summed E-state index contributed by atoms with van der Waals surface area (Å²) in [5.74, 6) is -0.177. The zero-order valence-corrected chi connectivity index (χ0v) is 19.5. The van der Waals surface area contributed by atoms with Crippen LogP contribution in [-0.4, -0.2) is 33.7 Å². The highest BCUT2D eigenvalue weighted by Crippen LogP contribution is 2.41. The highest BCUT2D eigenvalue weighted by atomic mass is 35.5. The first-order valence-electron chi connectivity index (χ1n) is 8.94. The molecule has 162 valence electrons. The zero-order chi connectivity index (χ0) is 22.7. The third-order valence-electron chi connectivity index (χ3n) is 4.38. The van der Waals surface area contributed by atoms with Crippen LogP contribution in [0.4, 0.5) is 5.69 Å². The van der Waals surface area contributed by atoms with Crippen LogP contribution in [0.15, 0.2) is 35.2 Å². The largest absolute Gasteiger partial charge is 0.493 e. The van der Waals surface area contributed by atoms with Crippen LogP contribution in [0.3, 0.4) is 0 Å². The van der Waals surface area contributed by atoms with Crippen molar-refractivity contribution < 1.29 is 19.2 Å². The lowest BCUT2D eigenvalue weighted by atomic mass is 10.1. The second-order valence-corrected chi connectivity index (χ2v) is 8.73. The third kappa shape index (κ3) is 4.95. The maximum absolute atomic E-state index is 12.4. The molecule has 0 radical (unpaired) electrons. The predicted octanol–water partition coefficient (Wildman–Crippen LogP) is 5.71. The van der Waals surface area contributed by atoms with Crippen molar-refractivity contribution in [1.82, 2.24) is 4.90 Å². The highest BCUT2D eigenvalue weighted by Gasteiger charge is 2.31. The molecule has 1 heterocycles. The van der Waals surface area contributed by atoms with Gasteiger partial charge in [-0.05, 0) is 36.8 Å². The molecule has 3 rings (SSSR count).